The number of nitrogens with zero attached hydrogens (tertiary/aromatic N) is 4. The van der Waals surface area contributed by atoms with Gasteiger partial charge in [0.1, 0.15) is 23.7 Å². The van der Waals surface area contributed by atoms with Crippen LogP contribution in [0.3, 0.4) is 0 Å². The average molecular weight is 407 g/mol. The minimum atomic E-state index is -4.22. The fraction of sp³-hybridized carbons (Fsp3) is 0.375. The van der Waals surface area contributed by atoms with Crippen LogP contribution in [-0.2, 0) is 10.0 Å². The van der Waals surface area contributed by atoms with Gasteiger partial charge in [0, 0.05) is 32.2 Å². The number of nitrogens with one attached hydrogen (secondary N) is 2. The van der Waals surface area contributed by atoms with E-state index >= 15 is 0 Å². The highest BCUT2D eigenvalue weighted by molar-refractivity contribution is 7.89. The van der Waals surface area contributed by atoms with E-state index in [1.165, 1.54) is 18.5 Å². The molecule has 1 aliphatic rings. The highest BCUT2D eigenvalue weighted by Crippen LogP contribution is 2.32. The van der Waals surface area contributed by atoms with Gasteiger partial charge in [-0.25, -0.2) is 23.5 Å². The molecular weight excluding hydrogens is 386 g/mol. The van der Waals surface area contributed by atoms with E-state index in [1.807, 2.05) is 6.07 Å². The van der Waals surface area contributed by atoms with Crippen LogP contribution in [0.1, 0.15) is 12.8 Å². The molecule has 0 bridgehead atoms. The largest absolute Gasteiger partial charge is 0.377 e. The molecule has 0 spiro atoms. The van der Waals surface area contributed by atoms with Crippen molar-refractivity contribution < 1.29 is 13.3 Å². The molecule has 1 aromatic carbocycles. The van der Waals surface area contributed by atoms with Gasteiger partial charge in [-0.05, 0) is 25.0 Å². The van der Waals surface area contributed by atoms with E-state index < -0.39 is 25.5 Å². The van der Waals surface area contributed by atoms with Gasteiger partial charge < -0.3 is 15.5 Å². The summed E-state index contributed by atoms with van der Waals surface area (Å²) in [5.74, 6) is 1.46. The van der Waals surface area contributed by atoms with Crippen LogP contribution in [0.2, 0.25) is 0 Å². The third kappa shape index (κ3) is 4.12. The summed E-state index contributed by atoms with van der Waals surface area (Å²) >= 11 is 0. The lowest BCUT2D eigenvalue weighted by Crippen LogP contribution is -2.35. The third-order valence-corrected chi connectivity index (χ3v) is 5.54. The normalized spacial score (nSPS) is 16.8. The quantitative estimate of drug-likeness (QED) is 0.452. The maximum Gasteiger partial charge on any atom is 0.312 e. The van der Waals surface area contributed by atoms with Gasteiger partial charge in [-0.3, -0.25) is 10.1 Å². The molecule has 1 unspecified atom stereocenters. The minimum absolute atomic E-state index is 0.0392. The molecule has 0 radical (unpaired) electrons. The molecule has 3 rings (SSSR count). The van der Waals surface area contributed by atoms with Crippen LogP contribution in [-0.4, -0.2) is 49.5 Å². The topological polar surface area (TPSA) is 156 Å². The number of primary sulfonamides is 1. The van der Waals surface area contributed by atoms with Gasteiger partial charge in [0.25, 0.3) is 0 Å². The zero-order valence-corrected chi connectivity index (χ0v) is 16.0. The number of rotatable bonds is 7. The first-order chi connectivity index (χ1) is 13.3. The lowest BCUT2D eigenvalue weighted by atomic mass is 10.2. The van der Waals surface area contributed by atoms with E-state index in [0.717, 1.165) is 31.3 Å². The van der Waals surface area contributed by atoms with Crippen molar-refractivity contribution in [1.29, 1.82) is 0 Å². The maximum atomic E-state index is 11.7. The Hall–Kier alpha value is -2.99. The highest BCUT2D eigenvalue weighted by Gasteiger charge is 2.29. The molecule has 28 heavy (non-hydrogen) atoms. The van der Waals surface area contributed by atoms with Gasteiger partial charge in [0.05, 0.1) is 4.92 Å². The van der Waals surface area contributed by atoms with Crippen molar-refractivity contribution in [2.45, 2.75) is 23.8 Å². The van der Waals surface area contributed by atoms with Crippen molar-refractivity contribution in [2.75, 3.05) is 35.7 Å². The summed E-state index contributed by atoms with van der Waals surface area (Å²) in [7, 11) is -2.45. The van der Waals surface area contributed by atoms with Gasteiger partial charge in [0.15, 0.2) is 4.90 Å². The Morgan fingerprint density at radius 2 is 2.18 bits per heavy atom. The molecule has 1 fully saturated rings. The van der Waals surface area contributed by atoms with E-state index in [4.69, 9.17) is 5.14 Å². The molecule has 1 atom stereocenters. The Kier molecular flexibility index (Phi) is 5.61. The first kappa shape index (κ1) is 19.8. The summed E-state index contributed by atoms with van der Waals surface area (Å²) in [6, 6.07) is 5.89. The highest BCUT2D eigenvalue weighted by atomic mass is 32.2. The summed E-state index contributed by atoms with van der Waals surface area (Å²) < 4.78 is 23.4. The molecule has 11 nitrogen and oxygen atoms in total. The van der Waals surface area contributed by atoms with E-state index in [9.17, 15) is 18.5 Å². The van der Waals surface area contributed by atoms with Crippen LogP contribution >= 0.6 is 0 Å². The number of hydrogen-bond donors (Lipinski definition) is 3. The molecular formula is C16H21N7O4S. The SMILES string of the molecule is CNc1cc(N2CCCC2CNc2cccc(S(N)(=O)=O)c2[N+](=O)[O-])ncn1. The fourth-order valence-electron chi connectivity index (χ4n) is 3.30. The first-order valence-corrected chi connectivity index (χ1v) is 10.2. The summed E-state index contributed by atoms with van der Waals surface area (Å²) in [4.78, 5) is 20.7. The Morgan fingerprint density at radius 1 is 1.39 bits per heavy atom. The number of anilines is 3. The molecule has 12 heteroatoms. The number of hydrogen-bond acceptors (Lipinski definition) is 9. The van der Waals surface area contributed by atoms with E-state index in [0.29, 0.717) is 12.4 Å². The molecule has 0 aliphatic carbocycles. The van der Waals surface area contributed by atoms with Crippen LogP contribution in [0.4, 0.5) is 23.0 Å². The van der Waals surface area contributed by atoms with E-state index in [1.54, 1.807) is 7.05 Å². The summed E-state index contributed by atoms with van der Waals surface area (Å²) in [6.07, 6.45) is 3.30. The minimum Gasteiger partial charge on any atom is -0.377 e. The van der Waals surface area contributed by atoms with Gasteiger partial charge in [-0.15, -0.1) is 0 Å². The molecule has 4 N–H and O–H groups in total. The summed E-state index contributed by atoms with van der Waals surface area (Å²) in [6.45, 7) is 1.18. The Morgan fingerprint density at radius 3 is 2.86 bits per heavy atom. The van der Waals surface area contributed by atoms with Crippen molar-refractivity contribution in [2.24, 2.45) is 5.14 Å². The second-order valence-corrected chi connectivity index (χ2v) is 7.87. The van der Waals surface area contributed by atoms with Crippen molar-refractivity contribution in [3.8, 4) is 0 Å². The van der Waals surface area contributed by atoms with E-state index in [2.05, 4.69) is 25.5 Å². The summed E-state index contributed by atoms with van der Waals surface area (Å²) in [5.41, 5.74) is -0.434. The third-order valence-electron chi connectivity index (χ3n) is 4.60. The standard InChI is InChI=1S/C16H21N7O4S/c1-18-14-8-15(21-10-20-14)22-7-3-4-11(22)9-19-12-5-2-6-13(28(17,26)27)16(12)23(24)25/h2,5-6,8,10-11,19H,3-4,7,9H2,1H3,(H2,17,26,27)(H,18,20,21). The number of para-hydroxylation sites is 1. The number of nitro groups is 1. The van der Waals surface area contributed by atoms with Crippen molar-refractivity contribution in [3.63, 3.8) is 0 Å². The summed E-state index contributed by atoms with van der Waals surface area (Å²) in [5, 5.41) is 22.6. The smallest absolute Gasteiger partial charge is 0.312 e. The van der Waals surface area contributed by atoms with Crippen molar-refractivity contribution in [1.82, 2.24) is 9.97 Å². The molecule has 1 saturated heterocycles. The molecule has 1 aliphatic heterocycles. The van der Waals surface area contributed by atoms with Gasteiger partial charge in [0.2, 0.25) is 10.0 Å². The first-order valence-electron chi connectivity index (χ1n) is 8.61. The molecule has 2 aromatic rings. The fourth-order valence-corrected chi connectivity index (χ4v) is 4.02. The van der Waals surface area contributed by atoms with Crippen molar-refractivity contribution in [3.05, 3.63) is 40.7 Å². The van der Waals surface area contributed by atoms with Gasteiger partial charge in [-0.2, -0.15) is 0 Å². The second-order valence-electron chi connectivity index (χ2n) is 6.34. The molecule has 0 saturated carbocycles. The molecule has 1 aromatic heterocycles. The number of nitrogens with two attached hydrogens (primary N) is 1. The Bertz CT molecular complexity index is 983. The maximum absolute atomic E-state index is 11.7. The number of aromatic nitrogens is 2. The Labute approximate surface area is 162 Å². The molecule has 150 valence electrons. The zero-order chi connectivity index (χ0) is 20.3. The number of nitro benzene ring substituents is 1. The average Bonchev–Trinajstić information content (AvgIpc) is 3.14. The zero-order valence-electron chi connectivity index (χ0n) is 15.2. The van der Waals surface area contributed by atoms with Crippen LogP contribution in [0.5, 0.6) is 0 Å². The van der Waals surface area contributed by atoms with Gasteiger partial charge >= 0.3 is 5.69 Å². The lowest BCUT2D eigenvalue weighted by Gasteiger charge is -2.26. The molecule has 0 amide bonds. The number of sulfonamides is 1. The number of benzene rings is 1. The molecule has 2 heterocycles. The predicted octanol–water partition coefficient (Wildman–Crippen LogP) is 1.15. The predicted molar refractivity (Wildman–Crippen MR) is 105 cm³/mol. The lowest BCUT2D eigenvalue weighted by molar-refractivity contribution is -0.386. The monoisotopic (exact) mass is 407 g/mol. The van der Waals surface area contributed by atoms with E-state index in [-0.39, 0.29) is 11.7 Å². The van der Waals surface area contributed by atoms with Crippen LogP contribution in [0.25, 0.3) is 0 Å². The van der Waals surface area contributed by atoms with Crippen LogP contribution in [0, 0.1) is 10.1 Å². The van der Waals surface area contributed by atoms with Gasteiger partial charge in [-0.1, -0.05) is 6.07 Å². The van der Waals surface area contributed by atoms with Crippen LogP contribution < -0.4 is 20.7 Å². The Balaban J connectivity index is 1.82. The van der Waals surface area contributed by atoms with Crippen LogP contribution in [0.15, 0.2) is 35.5 Å². The van der Waals surface area contributed by atoms with Crippen molar-refractivity contribution >= 4 is 33.0 Å². The second kappa shape index (κ2) is 7.94.